The number of carbonyl (C=O) groups is 2. The number of rotatable bonds is 7. The number of nitrogens with one attached hydrogen (secondary N) is 1. The monoisotopic (exact) mass is 368 g/mol. The van der Waals surface area contributed by atoms with Gasteiger partial charge in [-0.15, -0.1) is 0 Å². The lowest BCUT2D eigenvalue weighted by molar-refractivity contribution is -0.128. The van der Waals surface area contributed by atoms with Crippen molar-refractivity contribution >= 4 is 17.5 Å². The molecule has 1 saturated heterocycles. The van der Waals surface area contributed by atoms with Gasteiger partial charge in [0.15, 0.2) is 11.5 Å². The van der Waals surface area contributed by atoms with Crippen molar-refractivity contribution in [3.8, 4) is 11.5 Å². The number of hydrogen-bond donors (Lipinski definition) is 1. The van der Waals surface area contributed by atoms with E-state index in [2.05, 4.69) is 5.32 Å². The molecule has 0 atom stereocenters. The molecule has 6 heteroatoms. The Balaban J connectivity index is 1.71. The van der Waals surface area contributed by atoms with E-state index in [0.29, 0.717) is 42.3 Å². The normalized spacial score (nSPS) is 13.6. The molecule has 0 bridgehead atoms. The Bertz CT molecular complexity index is 835. The molecule has 0 saturated carbocycles. The van der Waals surface area contributed by atoms with E-state index >= 15 is 0 Å². The zero-order chi connectivity index (χ0) is 19.2. The number of carbonyl (C=O) groups excluding carboxylic acids is 2. The molecular formula is C21H24N2O4. The highest BCUT2D eigenvalue weighted by Gasteiger charge is 2.20. The maximum Gasteiger partial charge on any atom is 0.255 e. The van der Waals surface area contributed by atoms with Crippen LogP contribution in [0.4, 0.5) is 5.69 Å². The molecule has 1 N–H and O–H groups in total. The summed E-state index contributed by atoms with van der Waals surface area (Å²) in [5.74, 6) is 1.08. The first-order valence-corrected chi connectivity index (χ1v) is 9.09. The minimum atomic E-state index is -0.229. The first-order valence-electron chi connectivity index (χ1n) is 9.09. The van der Waals surface area contributed by atoms with Gasteiger partial charge in [-0.2, -0.15) is 0 Å². The molecule has 0 radical (unpaired) electrons. The van der Waals surface area contributed by atoms with Crippen molar-refractivity contribution in [3.63, 3.8) is 0 Å². The van der Waals surface area contributed by atoms with Crippen LogP contribution in [0.25, 0.3) is 0 Å². The van der Waals surface area contributed by atoms with E-state index in [0.717, 1.165) is 18.5 Å². The third-order valence-electron chi connectivity index (χ3n) is 4.46. The molecule has 1 heterocycles. The summed E-state index contributed by atoms with van der Waals surface area (Å²) in [6, 6.07) is 12.7. The fraction of sp³-hybridized carbons (Fsp3) is 0.333. The molecule has 0 unspecified atom stereocenters. The topological polar surface area (TPSA) is 67.9 Å². The van der Waals surface area contributed by atoms with E-state index in [1.54, 1.807) is 25.3 Å². The second-order valence-corrected chi connectivity index (χ2v) is 6.37. The Labute approximate surface area is 159 Å². The van der Waals surface area contributed by atoms with Crippen LogP contribution in [0.3, 0.4) is 0 Å². The molecule has 0 aromatic heterocycles. The van der Waals surface area contributed by atoms with Gasteiger partial charge < -0.3 is 19.7 Å². The number of amides is 2. The van der Waals surface area contributed by atoms with Gasteiger partial charge in [-0.25, -0.2) is 0 Å². The molecule has 27 heavy (non-hydrogen) atoms. The van der Waals surface area contributed by atoms with Crippen molar-refractivity contribution < 1.29 is 19.1 Å². The number of nitrogens with zero attached hydrogens (tertiary/aromatic N) is 1. The van der Waals surface area contributed by atoms with E-state index < -0.39 is 0 Å². The first kappa shape index (κ1) is 18.8. The van der Waals surface area contributed by atoms with Gasteiger partial charge in [0, 0.05) is 30.8 Å². The molecule has 2 amide bonds. The minimum absolute atomic E-state index is 0.186. The zero-order valence-corrected chi connectivity index (χ0v) is 15.7. The van der Waals surface area contributed by atoms with Crippen molar-refractivity contribution in [2.24, 2.45) is 0 Å². The van der Waals surface area contributed by atoms with Crippen molar-refractivity contribution in [3.05, 3.63) is 53.6 Å². The summed E-state index contributed by atoms with van der Waals surface area (Å²) in [6.07, 6.45) is 1.53. The highest BCUT2D eigenvalue weighted by molar-refractivity contribution is 6.04. The molecule has 0 aliphatic carbocycles. The average molecular weight is 368 g/mol. The van der Waals surface area contributed by atoms with Crippen LogP contribution >= 0.6 is 0 Å². The number of anilines is 1. The molecular weight excluding hydrogens is 344 g/mol. The van der Waals surface area contributed by atoms with Gasteiger partial charge in [0.25, 0.3) is 5.91 Å². The van der Waals surface area contributed by atoms with Crippen LogP contribution in [0.2, 0.25) is 0 Å². The SMILES string of the molecule is CCOc1cc(C(=O)Nc2cccc(CN3CCCC3=O)c2)ccc1OC. The van der Waals surface area contributed by atoms with Gasteiger partial charge in [-0.1, -0.05) is 12.1 Å². The van der Waals surface area contributed by atoms with Crippen LogP contribution in [-0.4, -0.2) is 37.0 Å². The number of methoxy groups -OCH3 is 1. The predicted molar refractivity (Wildman–Crippen MR) is 103 cm³/mol. The van der Waals surface area contributed by atoms with Crippen molar-refractivity contribution in [2.45, 2.75) is 26.3 Å². The minimum Gasteiger partial charge on any atom is -0.493 e. The van der Waals surface area contributed by atoms with Crippen molar-refractivity contribution in [1.29, 1.82) is 0 Å². The largest absolute Gasteiger partial charge is 0.493 e. The molecule has 6 nitrogen and oxygen atoms in total. The van der Waals surface area contributed by atoms with E-state index in [4.69, 9.17) is 9.47 Å². The molecule has 2 aromatic rings. The maximum atomic E-state index is 12.6. The maximum absolute atomic E-state index is 12.6. The summed E-state index contributed by atoms with van der Waals surface area (Å²) in [5.41, 5.74) is 2.17. The highest BCUT2D eigenvalue weighted by atomic mass is 16.5. The van der Waals surface area contributed by atoms with Gasteiger partial charge in [0.1, 0.15) is 0 Å². The fourth-order valence-electron chi connectivity index (χ4n) is 3.13. The quantitative estimate of drug-likeness (QED) is 0.813. The van der Waals surface area contributed by atoms with Gasteiger partial charge in [0.2, 0.25) is 5.91 Å². The number of benzene rings is 2. The van der Waals surface area contributed by atoms with Crippen LogP contribution < -0.4 is 14.8 Å². The second-order valence-electron chi connectivity index (χ2n) is 6.37. The molecule has 142 valence electrons. The lowest BCUT2D eigenvalue weighted by atomic mass is 10.1. The summed E-state index contributed by atoms with van der Waals surface area (Å²) in [5, 5.41) is 2.90. The third kappa shape index (κ3) is 4.58. The van der Waals surface area contributed by atoms with Gasteiger partial charge in [-0.05, 0) is 49.2 Å². The fourth-order valence-corrected chi connectivity index (χ4v) is 3.13. The Hall–Kier alpha value is -3.02. The van der Waals surface area contributed by atoms with Crippen LogP contribution in [0.1, 0.15) is 35.7 Å². The lowest BCUT2D eigenvalue weighted by Gasteiger charge is -2.16. The standard InChI is InChI=1S/C21H24N2O4/c1-3-27-19-13-16(9-10-18(19)26-2)21(25)22-17-7-4-6-15(12-17)14-23-11-5-8-20(23)24/h4,6-7,9-10,12-13H,3,5,8,11,14H2,1-2H3,(H,22,25). The van der Waals surface area contributed by atoms with E-state index in [1.807, 2.05) is 36.1 Å². The van der Waals surface area contributed by atoms with Crippen LogP contribution in [0.15, 0.2) is 42.5 Å². The summed E-state index contributed by atoms with van der Waals surface area (Å²) >= 11 is 0. The van der Waals surface area contributed by atoms with Crippen LogP contribution in [-0.2, 0) is 11.3 Å². The Morgan fingerprint density at radius 2 is 2.04 bits per heavy atom. The van der Waals surface area contributed by atoms with Crippen LogP contribution in [0, 0.1) is 0 Å². The summed E-state index contributed by atoms with van der Waals surface area (Å²) in [4.78, 5) is 26.2. The first-order chi connectivity index (χ1) is 13.1. The average Bonchev–Trinajstić information content (AvgIpc) is 3.07. The van der Waals surface area contributed by atoms with E-state index in [1.165, 1.54) is 0 Å². The van der Waals surface area contributed by atoms with Gasteiger partial charge in [-0.3, -0.25) is 9.59 Å². The Morgan fingerprint density at radius 3 is 2.74 bits per heavy atom. The Morgan fingerprint density at radius 1 is 1.19 bits per heavy atom. The molecule has 1 aliphatic rings. The van der Waals surface area contributed by atoms with Crippen LogP contribution in [0.5, 0.6) is 11.5 Å². The van der Waals surface area contributed by atoms with Crippen molar-refractivity contribution in [1.82, 2.24) is 4.90 Å². The van der Waals surface area contributed by atoms with E-state index in [-0.39, 0.29) is 11.8 Å². The summed E-state index contributed by atoms with van der Waals surface area (Å²) in [6.45, 7) is 3.72. The number of ether oxygens (including phenoxy) is 2. The number of likely N-dealkylation sites (tertiary alicyclic amines) is 1. The molecule has 1 fully saturated rings. The summed E-state index contributed by atoms with van der Waals surface area (Å²) in [7, 11) is 1.56. The molecule has 2 aromatic carbocycles. The van der Waals surface area contributed by atoms with Gasteiger partial charge >= 0.3 is 0 Å². The van der Waals surface area contributed by atoms with E-state index in [9.17, 15) is 9.59 Å². The van der Waals surface area contributed by atoms with Crippen molar-refractivity contribution in [2.75, 3.05) is 25.6 Å². The second kappa shape index (κ2) is 8.58. The highest BCUT2D eigenvalue weighted by Crippen LogP contribution is 2.28. The smallest absolute Gasteiger partial charge is 0.255 e. The number of hydrogen-bond acceptors (Lipinski definition) is 4. The molecule has 1 aliphatic heterocycles. The lowest BCUT2D eigenvalue weighted by Crippen LogP contribution is -2.23. The summed E-state index contributed by atoms with van der Waals surface area (Å²) < 4.78 is 10.8. The third-order valence-corrected chi connectivity index (χ3v) is 4.46. The van der Waals surface area contributed by atoms with Gasteiger partial charge in [0.05, 0.1) is 13.7 Å². The molecule has 0 spiro atoms. The zero-order valence-electron chi connectivity index (χ0n) is 15.7. The predicted octanol–water partition coefficient (Wildman–Crippen LogP) is 3.47. The Kier molecular flexibility index (Phi) is 5.96. The molecule has 3 rings (SSSR count).